The van der Waals surface area contributed by atoms with Gasteiger partial charge in [-0.15, -0.1) is 0 Å². The number of alkyl carbamates (subject to hydrolysis) is 1. The molecule has 2 amide bonds. The zero-order valence-electron chi connectivity index (χ0n) is 29.6. The summed E-state index contributed by atoms with van der Waals surface area (Å²) < 4.78 is 5.86. The van der Waals surface area contributed by atoms with Crippen molar-refractivity contribution in [3.05, 3.63) is 174 Å². The molecular weight excluding hydrogens is 659 g/mol. The van der Waals surface area contributed by atoms with E-state index >= 15 is 0 Å². The summed E-state index contributed by atoms with van der Waals surface area (Å²) in [5, 5.41) is 5.60. The molecule has 0 radical (unpaired) electrons. The Morgan fingerprint density at radius 1 is 0.642 bits per heavy atom. The van der Waals surface area contributed by atoms with Crippen LogP contribution in [0.5, 0.6) is 0 Å². The summed E-state index contributed by atoms with van der Waals surface area (Å²) in [5.74, 6) is -1.29. The van der Waals surface area contributed by atoms with Crippen LogP contribution >= 0.6 is 0 Å². The highest BCUT2D eigenvalue weighted by molar-refractivity contribution is 5.92. The number of rotatable bonds is 13. The van der Waals surface area contributed by atoms with Crippen LogP contribution in [0.15, 0.2) is 152 Å². The molecule has 5 aromatic carbocycles. The summed E-state index contributed by atoms with van der Waals surface area (Å²) in [4.78, 5) is 45.5. The average molecular weight is 700 g/mol. The number of carbonyl (C=O) groups is 3. The maximum absolute atomic E-state index is 14.2. The molecule has 0 aliphatic heterocycles. The third kappa shape index (κ3) is 8.26. The van der Waals surface area contributed by atoms with Crippen molar-refractivity contribution < 1.29 is 19.1 Å². The first-order valence-electron chi connectivity index (χ1n) is 18.0. The summed E-state index contributed by atoms with van der Waals surface area (Å²) in [7, 11) is 1.57. The van der Waals surface area contributed by atoms with E-state index in [0.29, 0.717) is 6.42 Å². The van der Waals surface area contributed by atoms with E-state index < -0.39 is 18.1 Å². The van der Waals surface area contributed by atoms with Gasteiger partial charge in [0, 0.05) is 37.1 Å². The van der Waals surface area contributed by atoms with Crippen LogP contribution in [0.25, 0.3) is 33.5 Å². The molecule has 2 N–H and O–H groups in total. The number of hydrogen-bond donors (Lipinski definition) is 2. The van der Waals surface area contributed by atoms with Crippen LogP contribution in [0.1, 0.15) is 34.6 Å². The van der Waals surface area contributed by atoms with Crippen LogP contribution < -0.4 is 10.6 Å². The monoisotopic (exact) mass is 699 g/mol. The third-order valence-electron chi connectivity index (χ3n) is 9.97. The molecule has 1 heterocycles. The van der Waals surface area contributed by atoms with Gasteiger partial charge < -0.3 is 15.4 Å². The minimum atomic E-state index is -0.918. The van der Waals surface area contributed by atoms with E-state index in [1.165, 1.54) is 0 Å². The fourth-order valence-electron chi connectivity index (χ4n) is 7.18. The van der Waals surface area contributed by atoms with Gasteiger partial charge in [-0.25, -0.2) is 4.79 Å². The van der Waals surface area contributed by atoms with Gasteiger partial charge in [0.05, 0.1) is 11.7 Å². The number of carbonyl (C=O) groups excluding carboxylic acids is 3. The normalized spacial score (nSPS) is 12.9. The number of Topliss-reactive ketones (excluding diaryl/α,β-unsaturated/α-hetero) is 1. The van der Waals surface area contributed by atoms with Crippen LogP contribution in [0.4, 0.5) is 4.79 Å². The zero-order valence-corrected chi connectivity index (χ0v) is 29.6. The number of ketones is 1. The molecule has 6 aromatic rings. The SMILES string of the molecule is CNC(=O)[C@@H](CC(=O)[C@H](Cc1ccc(-c2ccccc2)cc1)NC(=O)OCC1c2ccccc2-c2ccccc21)Cc1ccc(-c2ccccc2)nc1. The number of benzene rings is 5. The molecule has 0 fully saturated rings. The molecule has 0 spiro atoms. The van der Waals surface area contributed by atoms with Crippen LogP contribution in [0, 0.1) is 5.92 Å². The molecular formula is C46H41N3O4. The van der Waals surface area contributed by atoms with Crippen LogP contribution in [0.3, 0.4) is 0 Å². The lowest BCUT2D eigenvalue weighted by Gasteiger charge is -2.22. The van der Waals surface area contributed by atoms with Crippen molar-refractivity contribution in [2.45, 2.75) is 31.2 Å². The Balaban J connectivity index is 1.08. The number of aromatic nitrogens is 1. The zero-order chi connectivity index (χ0) is 36.6. The molecule has 0 bridgehead atoms. The summed E-state index contributed by atoms with van der Waals surface area (Å²) in [5.41, 5.74) is 10.1. The van der Waals surface area contributed by atoms with Gasteiger partial charge in [0.1, 0.15) is 6.61 Å². The maximum atomic E-state index is 14.2. The van der Waals surface area contributed by atoms with Crippen molar-refractivity contribution in [2.75, 3.05) is 13.7 Å². The third-order valence-corrected chi connectivity index (χ3v) is 9.97. The first kappa shape index (κ1) is 35.1. The van der Waals surface area contributed by atoms with Gasteiger partial charge in [-0.05, 0) is 63.4 Å². The average Bonchev–Trinajstić information content (AvgIpc) is 3.53. The Morgan fingerprint density at radius 2 is 1.21 bits per heavy atom. The van der Waals surface area contributed by atoms with Gasteiger partial charge >= 0.3 is 6.09 Å². The van der Waals surface area contributed by atoms with E-state index in [0.717, 1.165) is 55.8 Å². The van der Waals surface area contributed by atoms with Crippen molar-refractivity contribution in [3.63, 3.8) is 0 Å². The smallest absolute Gasteiger partial charge is 0.407 e. The summed E-state index contributed by atoms with van der Waals surface area (Å²) in [6.45, 7) is 0.124. The van der Waals surface area contributed by atoms with Crippen molar-refractivity contribution >= 4 is 17.8 Å². The number of amides is 2. The van der Waals surface area contributed by atoms with Crippen LogP contribution in [-0.2, 0) is 27.2 Å². The van der Waals surface area contributed by atoms with E-state index in [1.54, 1.807) is 13.2 Å². The van der Waals surface area contributed by atoms with Crippen molar-refractivity contribution in [1.29, 1.82) is 0 Å². The van der Waals surface area contributed by atoms with Gasteiger partial charge in [-0.2, -0.15) is 0 Å². The van der Waals surface area contributed by atoms with Gasteiger partial charge in [-0.3, -0.25) is 14.6 Å². The van der Waals surface area contributed by atoms with E-state index in [9.17, 15) is 14.4 Å². The summed E-state index contributed by atoms with van der Waals surface area (Å²) in [6, 6.07) is 47.1. The molecule has 7 nitrogen and oxygen atoms in total. The maximum Gasteiger partial charge on any atom is 0.407 e. The second-order valence-electron chi connectivity index (χ2n) is 13.4. The number of nitrogens with zero attached hydrogens (tertiary/aromatic N) is 1. The minimum Gasteiger partial charge on any atom is -0.449 e. The largest absolute Gasteiger partial charge is 0.449 e. The highest BCUT2D eigenvalue weighted by Gasteiger charge is 2.31. The molecule has 7 heteroatoms. The van der Waals surface area contributed by atoms with E-state index in [2.05, 4.69) is 39.9 Å². The second kappa shape index (κ2) is 16.3. The van der Waals surface area contributed by atoms with Crippen molar-refractivity contribution in [2.24, 2.45) is 5.92 Å². The van der Waals surface area contributed by atoms with Crippen molar-refractivity contribution in [3.8, 4) is 33.5 Å². The minimum absolute atomic E-state index is 0.0729. The highest BCUT2D eigenvalue weighted by Crippen LogP contribution is 2.44. The topological polar surface area (TPSA) is 97.4 Å². The molecule has 1 aromatic heterocycles. The first-order valence-corrected chi connectivity index (χ1v) is 18.0. The van der Waals surface area contributed by atoms with Gasteiger partial charge in [-0.1, -0.05) is 140 Å². The number of fused-ring (bicyclic) bond motifs is 3. The molecule has 0 saturated carbocycles. The number of nitrogens with one attached hydrogen (secondary N) is 2. The molecule has 0 unspecified atom stereocenters. The van der Waals surface area contributed by atoms with Crippen molar-refractivity contribution in [1.82, 2.24) is 15.6 Å². The van der Waals surface area contributed by atoms with Gasteiger partial charge in [0.2, 0.25) is 5.91 Å². The molecule has 53 heavy (non-hydrogen) atoms. The fourth-order valence-corrected chi connectivity index (χ4v) is 7.18. The molecule has 7 rings (SSSR count). The molecule has 1 aliphatic rings. The van der Waals surface area contributed by atoms with Crippen LogP contribution in [0.2, 0.25) is 0 Å². The second-order valence-corrected chi connectivity index (χ2v) is 13.4. The quantitative estimate of drug-likeness (QED) is 0.126. The lowest BCUT2D eigenvalue weighted by Crippen LogP contribution is -2.44. The predicted molar refractivity (Wildman–Crippen MR) is 208 cm³/mol. The Hall–Kier alpha value is -6.34. The number of pyridine rings is 1. The van der Waals surface area contributed by atoms with E-state index in [1.807, 2.05) is 121 Å². The van der Waals surface area contributed by atoms with Gasteiger partial charge in [0.15, 0.2) is 5.78 Å². The van der Waals surface area contributed by atoms with Crippen LogP contribution in [-0.4, -0.2) is 42.5 Å². The van der Waals surface area contributed by atoms with E-state index in [-0.39, 0.29) is 37.1 Å². The Bertz CT molecular complexity index is 2140. The standard InChI is InChI=1S/C46H41N3O4/c1-47-45(51)36(26-32-22-25-42(48-29-32)35-14-6-3-7-15-35)28-44(50)43(27-31-20-23-34(24-21-31)33-12-4-2-5-13-33)49-46(52)53-30-41-39-18-10-8-16-37(39)38-17-9-11-19-40(38)41/h2-25,29,36,41,43H,26-28,30H2,1H3,(H,47,51)(H,49,52)/t36-,43+/m1/s1. The summed E-state index contributed by atoms with van der Waals surface area (Å²) in [6.07, 6.45) is 1.56. The van der Waals surface area contributed by atoms with E-state index in [4.69, 9.17) is 4.74 Å². The Labute approximate surface area is 310 Å². The lowest BCUT2D eigenvalue weighted by atomic mass is 9.89. The van der Waals surface area contributed by atoms with Gasteiger partial charge in [0.25, 0.3) is 0 Å². The Morgan fingerprint density at radius 3 is 1.81 bits per heavy atom. The molecule has 2 atom stereocenters. The number of hydrogen-bond acceptors (Lipinski definition) is 5. The number of ether oxygens (including phenoxy) is 1. The summed E-state index contributed by atoms with van der Waals surface area (Å²) >= 11 is 0. The molecule has 0 saturated heterocycles. The fraction of sp³-hybridized carbons (Fsp3) is 0.174. The Kier molecular flexibility index (Phi) is 10.8. The highest BCUT2D eigenvalue weighted by atomic mass is 16.5. The predicted octanol–water partition coefficient (Wildman–Crippen LogP) is 8.43. The lowest BCUT2D eigenvalue weighted by molar-refractivity contribution is -0.129. The molecule has 1 aliphatic carbocycles. The first-order chi connectivity index (χ1) is 26.0. The molecule has 264 valence electrons.